The molecule has 0 saturated carbocycles. The standard InChI is InChI=1S/C12H7F18NO4S/c1-2-31(30,3-4(32)33)36(34,35)12(28,29)10(23,24)8(19,20)6(15,16)5(13,14)7(17,18)9(21,22)11(25,26)27/h2-3H2,1H3/p+1. The monoisotopic (exact) mass is 604 g/mol. The highest BCUT2D eigenvalue weighted by Gasteiger charge is 2.97. The van der Waals surface area contributed by atoms with Gasteiger partial charge in [-0.15, -0.1) is 0 Å². The molecule has 0 fully saturated rings. The largest absolute Gasteiger partial charge is 0.477 e. The SMILES string of the molecule is CC[N+](F)(CC(=O)O)S(=O)(=O)C(F)(F)C(F)(F)C(F)(F)C(F)(F)C(F)(F)C(F)(F)C(F)(F)C(F)(F)F. The molecule has 0 radical (unpaired) electrons. The zero-order valence-electron chi connectivity index (χ0n) is 16.2. The molecule has 0 heterocycles. The van der Waals surface area contributed by atoms with Crippen LogP contribution in [0, 0.1) is 0 Å². The second-order valence-corrected chi connectivity index (χ2v) is 8.71. The molecule has 0 rings (SSSR count). The fraction of sp³-hybridized carbons (Fsp3) is 0.917. The van der Waals surface area contributed by atoms with Gasteiger partial charge < -0.3 is 5.11 Å². The van der Waals surface area contributed by atoms with Crippen molar-refractivity contribution in [3.8, 4) is 0 Å². The molecular formula is C12H8F18NO4S+. The van der Waals surface area contributed by atoms with Crippen LogP contribution >= 0.6 is 0 Å². The highest BCUT2D eigenvalue weighted by Crippen LogP contribution is 2.64. The molecule has 0 aliphatic rings. The van der Waals surface area contributed by atoms with Crippen LogP contribution in [0.5, 0.6) is 0 Å². The van der Waals surface area contributed by atoms with Crippen LogP contribution in [-0.2, 0) is 14.8 Å². The van der Waals surface area contributed by atoms with E-state index in [0.29, 0.717) is 0 Å². The summed E-state index contributed by atoms with van der Waals surface area (Å²) in [4.78, 5) is 10.4. The van der Waals surface area contributed by atoms with Crippen LogP contribution < -0.4 is 0 Å². The third kappa shape index (κ3) is 4.10. The van der Waals surface area contributed by atoms with E-state index in [-0.39, 0.29) is 6.92 Å². The van der Waals surface area contributed by atoms with Crippen LogP contribution in [0.15, 0.2) is 0 Å². The maximum atomic E-state index is 14.2. The minimum atomic E-state index is -9.06. The summed E-state index contributed by atoms with van der Waals surface area (Å²) in [6.07, 6.45) is -7.97. The second kappa shape index (κ2) is 8.58. The van der Waals surface area contributed by atoms with Gasteiger partial charge >= 0.3 is 63.0 Å². The molecule has 24 heteroatoms. The topological polar surface area (TPSA) is 71.4 Å². The van der Waals surface area contributed by atoms with Crippen molar-refractivity contribution >= 4 is 16.0 Å². The van der Waals surface area contributed by atoms with E-state index in [1.54, 1.807) is 0 Å². The Balaban J connectivity index is 7.20. The number of hydrogen-bond donors (Lipinski definition) is 1. The second-order valence-electron chi connectivity index (χ2n) is 6.59. The Morgan fingerprint density at radius 1 is 0.639 bits per heavy atom. The number of sulfonamides is 1. The highest BCUT2D eigenvalue weighted by molar-refractivity contribution is 7.87. The third-order valence-corrected chi connectivity index (χ3v) is 6.44. The summed E-state index contributed by atoms with van der Waals surface area (Å²) in [6.45, 7) is -5.03. The predicted molar refractivity (Wildman–Crippen MR) is 74.0 cm³/mol. The molecule has 0 aliphatic heterocycles. The lowest BCUT2D eigenvalue weighted by molar-refractivity contribution is -0.943. The summed E-state index contributed by atoms with van der Waals surface area (Å²) in [5.74, 6) is -55.8. The number of likely N-dealkylation sites (N-methyl/N-ethyl adjacent to an activating group) is 1. The number of hydrogen-bond acceptors (Lipinski definition) is 3. The fourth-order valence-corrected chi connectivity index (χ4v) is 3.57. The lowest BCUT2D eigenvalue weighted by atomic mass is 9.91. The van der Waals surface area contributed by atoms with Gasteiger partial charge in [-0.1, -0.05) is 0 Å². The number of carboxylic acid groups (broad SMARTS) is 1. The number of aliphatic carboxylic acids is 1. The lowest BCUT2D eigenvalue weighted by Gasteiger charge is -2.42. The van der Waals surface area contributed by atoms with Gasteiger partial charge in [0.2, 0.25) is 6.54 Å². The predicted octanol–water partition coefficient (Wildman–Crippen LogP) is 5.09. The normalized spacial score (nSPS) is 17.6. The van der Waals surface area contributed by atoms with Crippen LogP contribution in [0.1, 0.15) is 6.92 Å². The van der Waals surface area contributed by atoms with Gasteiger partial charge in [0.25, 0.3) is 0 Å². The Kier molecular flexibility index (Phi) is 8.13. The first kappa shape index (κ1) is 34.1. The van der Waals surface area contributed by atoms with Gasteiger partial charge in [-0.3, -0.25) is 0 Å². The van der Waals surface area contributed by atoms with Gasteiger partial charge in [-0.2, -0.15) is 83.1 Å². The third-order valence-electron chi connectivity index (χ3n) is 4.29. The van der Waals surface area contributed by atoms with E-state index in [2.05, 4.69) is 0 Å². The number of rotatable bonds is 11. The van der Waals surface area contributed by atoms with Gasteiger partial charge in [-0.05, 0) is 11.0 Å². The molecule has 0 bridgehead atoms. The molecule has 1 atom stereocenters. The summed E-state index contributed by atoms with van der Waals surface area (Å²) >= 11 is 0. The van der Waals surface area contributed by atoms with Crippen LogP contribution in [0.25, 0.3) is 0 Å². The van der Waals surface area contributed by atoms with Crippen molar-refractivity contribution in [2.24, 2.45) is 0 Å². The first-order chi connectivity index (χ1) is 15.2. The van der Waals surface area contributed by atoms with E-state index in [9.17, 15) is 92.3 Å². The molecule has 36 heavy (non-hydrogen) atoms. The minimum absolute atomic E-state index is 0.0510. The summed E-state index contributed by atoms with van der Waals surface area (Å²) in [6, 6.07) is 0. The quantitative estimate of drug-likeness (QED) is 0.264. The Hall–Kier alpha value is -1.88. The van der Waals surface area contributed by atoms with Crippen molar-refractivity contribution in [2.75, 3.05) is 13.1 Å². The van der Waals surface area contributed by atoms with Gasteiger partial charge in [0.05, 0.1) is 0 Å². The Morgan fingerprint density at radius 3 is 1.17 bits per heavy atom. The van der Waals surface area contributed by atoms with Gasteiger partial charge in [0.15, 0.2) is 0 Å². The average Bonchev–Trinajstić information content (AvgIpc) is 2.64. The van der Waals surface area contributed by atoms with E-state index in [1.165, 1.54) is 0 Å². The number of halogens is 18. The smallest absolute Gasteiger partial charge is 0.467 e. The van der Waals surface area contributed by atoms with E-state index in [0.717, 1.165) is 0 Å². The molecule has 0 aromatic rings. The maximum Gasteiger partial charge on any atom is 0.467 e. The number of carbonyl (C=O) groups is 1. The number of quaternary nitrogens is 1. The Labute approximate surface area is 185 Å². The molecule has 1 unspecified atom stereocenters. The van der Waals surface area contributed by atoms with Gasteiger partial charge in [-0.25, -0.2) is 4.79 Å². The zero-order valence-corrected chi connectivity index (χ0v) is 17.1. The van der Waals surface area contributed by atoms with Gasteiger partial charge in [0.1, 0.15) is 6.54 Å². The van der Waals surface area contributed by atoms with Crippen LogP contribution in [0.3, 0.4) is 0 Å². The van der Waals surface area contributed by atoms with Gasteiger partial charge in [0, 0.05) is 4.48 Å². The van der Waals surface area contributed by atoms with E-state index in [4.69, 9.17) is 5.11 Å². The molecule has 0 aromatic heterocycles. The summed E-state index contributed by atoms with van der Waals surface area (Å²) < 4.78 is 257. The number of alkyl halides is 17. The molecule has 0 spiro atoms. The van der Waals surface area contributed by atoms with E-state index < -0.39 is 80.2 Å². The minimum Gasteiger partial charge on any atom is -0.477 e. The fourth-order valence-electron chi connectivity index (χ4n) is 2.09. The average molecular weight is 604 g/mol. The first-order valence-corrected chi connectivity index (χ1v) is 9.41. The van der Waals surface area contributed by atoms with Crippen molar-refractivity contribution in [3.05, 3.63) is 0 Å². The molecular weight excluding hydrogens is 596 g/mol. The first-order valence-electron chi connectivity index (χ1n) is 7.97. The molecule has 1 N–H and O–H groups in total. The van der Waals surface area contributed by atoms with Crippen LogP contribution in [0.4, 0.5) is 79.1 Å². The van der Waals surface area contributed by atoms with E-state index >= 15 is 0 Å². The summed E-state index contributed by atoms with van der Waals surface area (Å²) in [5.41, 5.74) is 0. The van der Waals surface area contributed by atoms with Crippen molar-refractivity contribution < 1.29 is 102 Å². The number of nitrogens with zero attached hydrogens (tertiary/aromatic N) is 1. The summed E-state index contributed by atoms with van der Waals surface area (Å²) in [7, 11) is -8.25. The van der Waals surface area contributed by atoms with Crippen molar-refractivity contribution in [2.45, 2.75) is 53.9 Å². The molecule has 0 saturated heterocycles. The number of carboxylic acids is 1. The van der Waals surface area contributed by atoms with E-state index in [1.807, 2.05) is 0 Å². The highest BCUT2D eigenvalue weighted by atomic mass is 32.2. The molecule has 5 nitrogen and oxygen atoms in total. The van der Waals surface area contributed by atoms with Crippen molar-refractivity contribution in [1.82, 2.24) is 0 Å². The lowest BCUT2D eigenvalue weighted by Crippen LogP contribution is -2.75. The van der Waals surface area contributed by atoms with Crippen molar-refractivity contribution in [3.63, 3.8) is 0 Å². The molecule has 0 amide bonds. The summed E-state index contributed by atoms with van der Waals surface area (Å²) in [5, 5.41) is 0.139. The van der Waals surface area contributed by atoms with Crippen molar-refractivity contribution in [1.29, 1.82) is 0 Å². The Morgan fingerprint density at radius 2 is 0.917 bits per heavy atom. The molecule has 0 aromatic carbocycles. The zero-order chi connectivity index (χ0) is 30.0. The molecule has 0 aliphatic carbocycles. The maximum absolute atomic E-state index is 14.2. The van der Waals surface area contributed by atoms with Crippen LogP contribution in [-0.4, -0.2) is 83.7 Å². The van der Waals surface area contributed by atoms with Crippen LogP contribution in [0.2, 0.25) is 0 Å². The molecule has 216 valence electrons. The Bertz CT molecular complexity index is 958.